The van der Waals surface area contributed by atoms with Crippen LogP contribution in [0.3, 0.4) is 0 Å². The van der Waals surface area contributed by atoms with Crippen molar-refractivity contribution in [1.82, 2.24) is 9.88 Å². The Morgan fingerprint density at radius 1 is 1.11 bits per heavy atom. The van der Waals surface area contributed by atoms with Gasteiger partial charge >= 0.3 is 0 Å². The molecule has 1 amide bonds. The molecule has 3 rings (SSSR count). The van der Waals surface area contributed by atoms with Crippen molar-refractivity contribution < 1.29 is 14.6 Å². The summed E-state index contributed by atoms with van der Waals surface area (Å²) in [6.07, 6.45) is 1.48. The number of benzene rings is 1. The molecule has 5 nitrogen and oxygen atoms in total. The number of hydrogen-bond acceptors (Lipinski definition) is 4. The number of aliphatic hydroxyl groups is 1. The summed E-state index contributed by atoms with van der Waals surface area (Å²) in [5.41, 5.74) is 0.881. The molecular weight excluding hydrogens is 376 g/mol. The van der Waals surface area contributed by atoms with Crippen molar-refractivity contribution in [1.29, 1.82) is 0 Å². The van der Waals surface area contributed by atoms with Gasteiger partial charge in [0.05, 0.1) is 19.6 Å². The number of ether oxygens (including phenoxy) is 1. The fraction of sp³-hybridized carbons (Fsp3) is 0.455. The minimum atomic E-state index is -1.49. The first kappa shape index (κ1) is 20.8. The van der Waals surface area contributed by atoms with Crippen LogP contribution >= 0.6 is 11.6 Å². The van der Waals surface area contributed by atoms with Crippen molar-refractivity contribution >= 4 is 17.5 Å². The number of carbonyl (C=O) groups is 1. The van der Waals surface area contributed by atoms with Gasteiger partial charge in [0.2, 0.25) is 5.91 Å². The SMILES string of the molecule is CC(C)(C)c1ccc(C(O)(CC(=O)N2CCOCC2)c2ccnc(Cl)c2)cc1. The molecule has 1 aromatic carbocycles. The van der Waals surface area contributed by atoms with Crippen molar-refractivity contribution in [3.63, 3.8) is 0 Å². The fourth-order valence-corrected chi connectivity index (χ4v) is 3.59. The Morgan fingerprint density at radius 3 is 2.29 bits per heavy atom. The average molecular weight is 403 g/mol. The number of carbonyl (C=O) groups excluding carboxylic acids is 1. The molecule has 150 valence electrons. The Kier molecular flexibility index (Phi) is 6.08. The number of rotatable bonds is 4. The smallest absolute Gasteiger partial charge is 0.226 e. The van der Waals surface area contributed by atoms with Crippen molar-refractivity contribution in [3.05, 3.63) is 64.4 Å². The molecule has 1 atom stereocenters. The van der Waals surface area contributed by atoms with Crippen molar-refractivity contribution in [2.24, 2.45) is 0 Å². The molecule has 1 fully saturated rings. The predicted molar refractivity (Wildman–Crippen MR) is 109 cm³/mol. The van der Waals surface area contributed by atoms with Gasteiger partial charge < -0.3 is 14.7 Å². The Hall–Kier alpha value is -1.95. The standard InChI is InChI=1S/C22H27ClN2O3/c1-21(2,3)16-4-6-17(7-5-16)22(27,18-8-9-24-19(23)14-18)15-20(26)25-10-12-28-13-11-25/h4-9,14,27H,10-13,15H2,1-3H3. The number of nitrogens with zero attached hydrogens (tertiary/aromatic N) is 2. The second-order valence-electron chi connectivity index (χ2n) is 8.22. The summed E-state index contributed by atoms with van der Waals surface area (Å²) in [7, 11) is 0. The molecular formula is C22H27ClN2O3. The Balaban J connectivity index is 1.98. The van der Waals surface area contributed by atoms with E-state index in [-0.39, 0.29) is 22.9 Å². The number of hydrogen-bond donors (Lipinski definition) is 1. The van der Waals surface area contributed by atoms with E-state index in [1.807, 2.05) is 24.3 Å². The van der Waals surface area contributed by atoms with Gasteiger partial charge in [0.15, 0.2) is 0 Å². The molecule has 1 aromatic heterocycles. The van der Waals surface area contributed by atoms with Gasteiger partial charge in [-0.1, -0.05) is 56.6 Å². The molecule has 2 aromatic rings. The van der Waals surface area contributed by atoms with Crippen LogP contribution in [-0.4, -0.2) is 47.2 Å². The third-order valence-corrected chi connectivity index (χ3v) is 5.41. The highest BCUT2D eigenvalue weighted by Gasteiger charge is 2.36. The lowest BCUT2D eigenvalue weighted by atomic mass is 9.81. The van der Waals surface area contributed by atoms with Crippen molar-refractivity contribution in [2.75, 3.05) is 26.3 Å². The first-order chi connectivity index (χ1) is 13.2. The van der Waals surface area contributed by atoms with E-state index in [2.05, 4.69) is 25.8 Å². The van der Waals surface area contributed by atoms with Crippen LogP contribution in [0.4, 0.5) is 0 Å². The largest absolute Gasteiger partial charge is 0.380 e. The maximum absolute atomic E-state index is 12.9. The lowest BCUT2D eigenvalue weighted by Crippen LogP contribution is -2.44. The van der Waals surface area contributed by atoms with Gasteiger partial charge in [0, 0.05) is 19.3 Å². The van der Waals surface area contributed by atoms with Gasteiger partial charge in [-0.3, -0.25) is 4.79 Å². The maximum Gasteiger partial charge on any atom is 0.226 e. The summed E-state index contributed by atoms with van der Waals surface area (Å²) in [5, 5.41) is 12.0. The monoisotopic (exact) mass is 402 g/mol. The highest BCUT2D eigenvalue weighted by Crippen LogP contribution is 2.35. The zero-order valence-corrected chi connectivity index (χ0v) is 17.4. The fourth-order valence-electron chi connectivity index (χ4n) is 3.42. The molecule has 1 aliphatic rings. The third-order valence-electron chi connectivity index (χ3n) is 5.20. The number of amides is 1. The Labute approximate surface area is 171 Å². The van der Waals surface area contributed by atoms with Crippen LogP contribution in [0.15, 0.2) is 42.6 Å². The van der Waals surface area contributed by atoms with Crippen LogP contribution in [0.1, 0.15) is 43.9 Å². The van der Waals surface area contributed by atoms with Crippen molar-refractivity contribution in [3.8, 4) is 0 Å². The van der Waals surface area contributed by atoms with Gasteiger partial charge in [-0.15, -0.1) is 0 Å². The van der Waals surface area contributed by atoms with E-state index >= 15 is 0 Å². The number of morpholine rings is 1. The molecule has 1 unspecified atom stereocenters. The van der Waals surface area contributed by atoms with E-state index in [0.29, 0.717) is 37.4 Å². The molecule has 0 aliphatic carbocycles. The quantitative estimate of drug-likeness (QED) is 0.795. The van der Waals surface area contributed by atoms with E-state index in [0.717, 1.165) is 5.56 Å². The van der Waals surface area contributed by atoms with E-state index in [4.69, 9.17) is 16.3 Å². The molecule has 2 heterocycles. The number of aromatic nitrogens is 1. The lowest BCUT2D eigenvalue weighted by molar-refractivity contribution is -0.139. The molecule has 6 heteroatoms. The minimum absolute atomic E-state index is 0.000239. The van der Waals surface area contributed by atoms with Crippen LogP contribution < -0.4 is 0 Å². The van der Waals surface area contributed by atoms with Crippen LogP contribution in [0.2, 0.25) is 5.15 Å². The summed E-state index contributed by atoms with van der Waals surface area (Å²) < 4.78 is 5.33. The van der Waals surface area contributed by atoms with Crippen LogP contribution in [-0.2, 0) is 20.5 Å². The lowest BCUT2D eigenvalue weighted by Gasteiger charge is -2.33. The summed E-state index contributed by atoms with van der Waals surface area (Å²) in [6.45, 7) is 8.53. The van der Waals surface area contributed by atoms with Gasteiger partial charge in [-0.2, -0.15) is 0 Å². The molecule has 1 aliphatic heterocycles. The number of halogens is 1. The van der Waals surface area contributed by atoms with Gasteiger partial charge in [0.25, 0.3) is 0 Å². The molecule has 0 spiro atoms. The van der Waals surface area contributed by atoms with Crippen LogP contribution in [0.5, 0.6) is 0 Å². The normalized spacial score (nSPS) is 17.2. The van der Waals surface area contributed by atoms with E-state index in [9.17, 15) is 9.90 Å². The van der Waals surface area contributed by atoms with Gasteiger partial charge in [-0.05, 0) is 34.2 Å². The minimum Gasteiger partial charge on any atom is -0.380 e. The van der Waals surface area contributed by atoms with E-state index in [1.54, 1.807) is 23.2 Å². The summed E-state index contributed by atoms with van der Waals surface area (Å²) in [6, 6.07) is 11.1. The first-order valence-electron chi connectivity index (χ1n) is 9.51. The van der Waals surface area contributed by atoms with E-state index in [1.165, 1.54) is 0 Å². The second kappa shape index (κ2) is 8.19. The summed E-state index contributed by atoms with van der Waals surface area (Å²) >= 11 is 6.07. The molecule has 0 saturated carbocycles. The summed E-state index contributed by atoms with van der Waals surface area (Å²) in [5.74, 6) is -0.112. The third kappa shape index (κ3) is 4.54. The number of pyridine rings is 1. The molecule has 1 N–H and O–H groups in total. The molecule has 1 saturated heterocycles. The second-order valence-corrected chi connectivity index (χ2v) is 8.61. The maximum atomic E-state index is 12.9. The predicted octanol–water partition coefficient (Wildman–Crippen LogP) is 3.52. The first-order valence-corrected chi connectivity index (χ1v) is 9.89. The average Bonchev–Trinajstić information content (AvgIpc) is 2.68. The summed E-state index contributed by atoms with van der Waals surface area (Å²) in [4.78, 5) is 18.7. The van der Waals surface area contributed by atoms with Crippen LogP contribution in [0.25, 0.3) is 0 Å². The zero-order chi connectivity index (χ0) is 20.4. The molecule has 28 heavy (non-hydrogen) atoms. The zero-order valence-electron chi connectivity index (χ0n) is 16.6. The molecule has 0 radical (unpaired) electrons. The topological polar surface area (TPSA) is 62.7 Å². The van der Waals surface area contributed by atoms with E-state index < -0.39 is 5.60 Å². The highest BCUT2D eigenvalue weighted by atomic mass is 35.5. The van der Waals surface area contributed by atoms with Crippen molar-refractivity contribution in [2.45, 2.75) is 38.2 Å². The van der Waals surface area contributed by atoms with Crippen LogP contribution in [0, 0.1) is 0 Å². The van der Waals surface area contributed by atoms with Gasteiger partial charge in [0.1, 0.15) is 10.8 Å². The van der Waals surface area contributed by atoms with Gasteiger partial charge in [-0.25, -0.2) is 4.98 Å². The highest BCUT2D eigenvalue weighted by molar-refractivity contribution is 6.29. The molecule has 0 bridgehead atoms. The Bertz CT molecular complexity index is 826. The Morgan fingerprint density at radius 2 is 1.71 bits per heavy atom.